The van der Waals surface area contributed by atoms with Gasteiger partial charge in [-0.3, -0.25) is 4.79 Å². The summed E-state index contributed by atoms with van der Waals surface area (Å²) in [5.74, 6) is -0.628. The molecule has 1 aliphatic carbocycles. The Balaban J connectivity index is 0.00000363. The Bertz CT molecular complexity index is 1020. The van der Waals surface area contributed by atoms with Crippen LogP contribution in [-0.4, -0.2) is 25.2 Å². The molecule has 0 unspecified atom stereocenters. The van der Waals surface area contributed by atoms with Crippen molar-refractivity contribution in [3.8, 4) is 0 Å². The Kier molecular flexibility index (Phi) is 10.2. The molecule has 168 valence electrons. The van der Waals surface area contributed by atoms with E-state index in [-0.39, 0.29) is 47.9 Å². The Morgan fingerprint density at radius 3 is 2.31 bits per heavy atom. The standard InChI is InChI=1S/C23H28ClN2O4S.Na/c1-16-3-4-17(2)22(13-16)31(29,30)26(15-19-7-11-21(24)12-8-19)14-18-5-9-20(10-6-18)23(27)25-28;/h3-4,7-8,11-13,18,20H,5-6,9-10,14-15H2,1-2H3,(H-,25,27,28);/q-1;+1. The third kappa shape index (κ3) is 6.79. The molecule has 9 heteroatoms. The van der Waals surface area contributed by atoms with Gasteiger partial charge in [0.2, 0.25) is 15.9 Å². The molecule has 0 aliphatic heterocycles. The molecule has 0 atom stereocenters. The second kappa shape index (κ2) is 12.0. The zero-order valence-corrected chi connectivity index (χ0v) is 22.4. The van der Waals surface area contributed by atoms with Crippen LogP contribution in [-0.2, 0) is 21.4 Å². The van der Waals surface area contributed by atoms with Crippen LogP contribution in [0.3, 0.4) is 0 Å². The molecule has 0 saturated heterocycles. The molecule has 2 aromatic rings. The average Bonchev–Trinajstić information content (AvgIpc) is 2.76. The summed E-state index contributed by atoms with van der Waals surface area (Å²) in [7, 11) is -3.73. The Hall–Kier alpha value is -0.930. The van der Waals surface area contributed by atoms with E-state index in [1.54, 1.807) is 25.1 Å². The Morgan fingerprint density at radius 2 is 1.72 bits per heavy atom. The van der Waals surface area contributed by atoms with Crippen molar-refractivity contribution in [2.24, 2.45) is 11.8 Å². The van der Waals surface area contributed by atoms with Gasteiger partial charge in [0.15, 0.2) is 0 Å². The number of carbonyl (C=O) groups excluding carboxylic acids is 1. The van der Waals surface area contributed by atoms with Crippen molar-refractivity contribution in [3.05, 3.63) is 69.4 Å². The van der Waals surface area contributed by atoms with Crippen molar-refractivity contribution in [1.82, 2.24) is 9.79 Å². The third-order valence-corrected chi connectivity index (χ3v) is 8.22. The summed E-state index contributed by atoms with van der Waals surface area (Å²) in [5.41, 5.74) is 3.94. The number of halogens is 1. The summed E-state index contributed by atoms with van der Waals surface area (Å²) in [6.45, 7) is 4.29. The number of hydrogen-bond acceptors (Lipinski definition) is 4. The maximum Gasteiger partial charge on any atom is 1.00 e. The van der Waals surface area contributed by atoms with Gasteiger partial charge in [-0.1, -0.05) is 35.9 Å². The molecule has 3 rings (SSSR count). The van der Waals surface area contributed by atoms with E-state index < -0.39 is 15.9 Å². The van der Waals surface area contributed by atoms with Crippen molar-refractivity contribution >= 4 is 27.5 Å². The van der Waals surface area contributed by atoms with Crippen molar-refractivity contribution in [3.63, 3.8) is 0 Å². The van der Waals surface area contributed by atoms with Crippen molar-refractivity contribution < 1.29 is 42.8 Å². The molecule has 1 amide bonds. The first-order valence-corrected chi connectivity index (χ1v) is 12.3. The maximum absolute atomic E-state index is 13.7. The van der Waals surface area contributed by atoms with E-state index in [0.29, 0.717) is 47.7 Å². The molecule has 1 saturated carbocycles. The fraction of sp³-hybridized carbons (Fsp3) is 0.435. The molecule has 6 nitrogen and oxygen atoms in total. The zero-order chi connectivity index (χ0) is 22.6. The van der Waals surface area contributed by atoms with Crippen LogP contribution in [0.4, 0.5) is 0 Å². The monoisotopic (exact) mass is 486 g/mol. The van der Waals surface area contributed by atoms with Crippen molar-refractivity contribution in [2.75, 3.05) is 6.54 Å². The largest absolute Gasteiger partial charge is 1.00 e. The van der Waals surface area contributed by atoms with Gasteiger partial charge in [0.1, 0.15) is 0 Å². The summed E-state index contributed by atoms with van der Waals surface area (Å²) in [6, 6.07) is 12.6. The van der Waals surface area contributed by atoms with Crippen LogP contribution in [0.2, 0.25) is 5.02 Å². The first kappa shape index (κ1) is 27.3. The summed E-state index contributed by atoms with van der Waals surface area (Å²) in [4.78, 5) is 12.0. The third-order valence-electron chi connectivity index (χ3n) is 6.01. The SMILES string of the molecule is Cc1ccc(C)c(S(=O)(=O)N(Cc2ccc(Cl)cc2)CC2CCC(C(=O)N[O-])CC2)c1.[Na+]. The second-order valence-electron chi connectivity index (χ2n) is 8.38. The first-order valence-electron chi connectivity index (χ1n) is 10.4. The summed E-state index contributed by atoms with van der Waals surface area (Å²) in [6.07, 6.45) is 2.60. The molecule has 0 aromatic heterocycles. The fourth-order valence-corrected chi connectivity index (χ4v) is 6.08. The number of nitrogens with one attached hydrogen (secondary N) is 1. The Labute approximate surface area is 217 Å². The van der Waals surface area contributed by atoms with Gasteiger partial charge >= 0.3 is 29.6 Å². The summed E-state index contributed by atoms with van der Waals surface area (Å²) in [5, 5.41) is 11.3. The van der Waals surface area contributed by atoms with Crippen molar-refractivity contribution in [2.45, 2.75) is 51.0 Å². The predicted octanol–water partition coefficient (Wildman–Crippen LogP) is 1.57. The number of nitrogens with zero attached hydrogens (tertiary/aromatic N) is 1. The molecule has 0 spiro atoms. The number of hydroxylamine groups is 1. The number of hydrogen-bond donors (Lipinski definition) is 1. The Morgan fingerprint density at radius 1 is 1.09 bits per heavy atom. The number of benzene rings is 2. The first-order chi connectivity index (χ1) is 14.7. The summed E-state index contributed by atoms with van der Waals surface area (Å²) < 4.78 is 28.9. The van der Waals surface area contributed by atoms with Crippen LogP contribution in [0.1, 0.15) is 42.4 Å². The smallest absolute Gasteiger partial charge is 0.759 e. The summed E-state index contributed by atoms with van der Waals surface area (Å²) >= 11 is 5.99. The van der Waals surface area contributed by atoms with E-state index >= 15 is 0 Å². The van der Waals surface area contributed by atoms with Gasteiger partial charge in [-0.2, -0.15) is 4.31 Å². The molecule has 0 radical (unpaired) electrons. The van der Waals surface area contributed by atoms with E-state index in [1.807, 2.05) is 31.2 Å². The van der Waals surface area contributed by atoms with Crippen molar-refractivity contribution in [1.29, 1.82) is 0 Å². The number of rotatable bonds is 7. The van der Waals surface area contributed by atoms with E-state index in [0.717, 1.165) is 11.1 Å². The second-order valence-corrected chi connectivity index (χ2v) is 10.7. The number of aryl methyl sites for hydroxylation is 2. The van der Waals surface area contributed by atoms with E-state index in [9.17, 15) is 18.4 Å². The fourth-order valence-electron chi connectivity index (χ4n) is 4.14. The molecule has 1 fully saturated rings. The quantitative estimate of drug-likeness (QED) is 0.475. The molecule has 1 aliphatic rings. The topological polar surface area (TPSA) is 89.5 Å². The van der Waals surface area contributed by atoms with Crippen LogP contribution in [0.25, 0.3) is 0 Å². The molecule has 0 heterocycles. The minimum absolute atomic E-state index is 0. The molecule has 2 aromatic carbocycles. The number of carbonyl (C=O) groups is 1. The minimum atomic E-state index is -3.73. The van der Waals surface area contributed by atoms with Gasteiger partial charge in [0.25, 0.3) is 0 Å². The average molecular weight is 487 g/mol. The van der Waals surface area contributed by atoms with Gasteiger partial charge < -0.3 is 10.7 Å². The van der Waals surface area contributed by atoms with E-state index in [4.69, 9.17) is 11.6 Å². The van der Waals surface area contributed by atoms with Gasteiger partial charge in [-0.15, -0.1) is 0 Å². The van der Waals surface area contributed by atoms with Gasteiger partial charge in [0, 0.05) is 24.0 Å². The number of sulfonamides is 1. The van der Waals surface area contributed by atoms with Crippen LogP contribution in [0.5, 0.6) is 0 Å². The minimum Gasteiger partial charge on any atom is -0.759 e. The van der Waals surface area contributed by atoms with Crippen LogP contribution >= 0.6 is 11.6 Å². The van der Waals surface area contributed by atoms with Gasteiger partial charge in [-0.05, 0) is 80.3 Å². The van der Waals surface area contributed by atoms with E-state index in [1.165, 1.54) is 9.79 Å². The maximum atomic E-state index is 13.7. The molecule has 1 N–H and O–H groups in total. The van der Waals surface area contributed by atoms with E-state index in [2.05, 4.69) is 0 Å². The number of amides is 1. The molecular weight excluding hydrogens is 459 g/mol. The van der Waals surface area contributed by atoms with Crippen LogP contribution in [0, 0.1) is 30.9 Å². The predicted molar refractivity (Wildman–Crippen MR) is 122 cm³/mol. The molecular formula is C23H28ClN2NaO4S. The van der Waals surface area contributed by atoms with Crippen LogP contribution in [0.15, 0.2) is 47.4 Å². The zero-order valence-electron chi connectivity index (χ0n) is 18.8. The normalized spacial score (nSPS) is 18.8. The van der Waals surface area contributed by atoms with Gasteiger partial charge in [0.05, 0.1) is 4.90 Å². The van der Waals surface area contributed by atoms with Gasteiger partial charge in [-0.25, -0.2) is 8.42 Å². The molecule has 0 bridgehead atoms. The van der Waals surface area contributed by atoms with Crippen LogP contribution < -0.4 is 35.0 Å². The molecule has 32 heavy (non-hydrogen) atoms.